The van der Waals surface area contributed by atoms with Crippen LogP contribution in [0.25, 0.3) is 5.70 Å². The Bertz CT molecular complexity index is 299. The van der Waals surface area contributed by atoms with E-state index in [1.807, 2.05) is 31.5 Å². The van der Waals surface area contributed by atoms with E-state index < -0.39 is 0 Å². The third kappa shape index (κ3) is 1.49. The van der Waals surface area contributed by atoms with Crippen molar-refractivity contribution in [2.24, 2.45) is 0 Å². The van der Waals surface area contributed by atoms with Gasteiger partial charge in [0.25, 0.3) is 0 Å². The van der Waals surface area contributed by atoms with Gasteiger partial charge in [-0.05, 0) is 13.8 Å². The largest absolute Gasteiger partial charge is 0.511 e. The molecule has 1 rings (SSSR count). The van der Waals surface area contributed by atoms with Crippen molar-refractivity contribution in [1.82, 2.24) is 9.55 Å². The Morgan fingerprint density at radius 3 is 2.75 bits per heavy atom. The summed E-state index contributed by atoms with van der Waals surface area (Å²) in [4.78, 5) is 4.07. The lowest BCUT2D eigenvalue weighted by Crippen LogP contribution is -1.98. The number of aliphatic hydroxyl groups excluding tert-OH is 1. The maximum atomic E-state index is 9.45. The van der Waals surface area contributed by atoms with Gasteiger partial charge in [-0.2, -0.15) is 0 Å². The van der Waals surface area contributed by atoms with Crippen LogP contribution in [-0.2, 0) is 0 Å². The highest BCUT2D eigenvalue weighted by Crippen LogP contribution is 2.12. The molecule has 0 bridgehead atoms. The van der Waals surface area contributed by atoms with Crippen molar-refractivity contribution < 1.29 is 5.11 Å². The highest BCUT2D eigenvalue weighted by atomic mass is 16.3. The summed E-state index contributed by atoms with van der Waals surface area (Å²) in [7, 11) is 0. The zero-order valence-electron chi connectivity index (χ0n) is 7.70. The van der Waals surface area contributed by atoms with Crippen molar-refractivity contribution in [2.45, 2.75) is 27.2 Å². The van der Waals surface area contributed by atoms with E-state index in [0.29, 0.717) is 12.2 Å². The molecule has 3 heteroatoms. The predicted molar refractivity (Wildman–Crippen MR) is 48.8 cm³/mol. The molecule has 3 nitrogen and oxygen atoms in total. The number of rotatable bonds is 2. The quantitative estimate of drug-likeness (QED) is 0.685. The lowest BCUT2D eigenvalue weighted by atomic mass is 10.3. The number of nitrogens with zero attached hydrogens (tertiary/aromatic N) is 2. The third-order valence-electron chi connectivity index (χ3n) is 1.94. The highest BCUT2D eigenvalue weighted by Gasteiger charge is 2.02. The molecule has 0 spiro atoms. The molecule has 12 heavy (non-hydrogen) atoms. The minimum atomic E-state index is 0.413. The second-order valence-corrected chi connectivity index (χ2v) is 2.73. The topological polar surface area (TPSA) is 38.0 Å². The number of allylic oxidation sites excluding steroid dienone is 2. The minimum Gasteiger partial charge on any atom is -0.511 e. The molecular formula is C9H14N2O. The molecule has 66 valence electrons. The Morgan fingerprint density at radius 2 is 2.33 bits per heavy atom. The molecule has 0 saturated heterocycles. The fraction of sp³-hybridized carbons (Fsp3) is 0.444. The average Bonchev–Trinajstić information content (AvgIpc) is 2.48. The van der Waals surface area contributed by atoms with Gasteiger partial charge in [-0.15, -0.1) is 0 Å². The molecule has 0 saturated carbocycles. The van der Waals surface area contributed by atoms with Crippen LogP contribution in [0.4, 0.5) is 0 Å². The molecule has 1 aromatic heterocycles. The van der Waals surface area contributed by atoms with E-state index in [0.717, 1.165) is 11.5 Å². The number of imidazole rings is 1. The molecule has 0 fully saturated rings. The van der Waals surface area contributed by atoms with E-state index in [2.05, 4.69) is 4.98 Å². The van der Waals surface area contributed by atoms with Gasteiger partial charge in [0.15, 0.2) is 0 Å². The van der Waals surface area contributed by atoms with Gasteiger partial charge in [0, 0.05) is 18.8 Å². The van der Waals surface area contributed by atoms with E-state index in [-0.39, 0.29) is 0 Å². The highest BCUT2D eigenvalue weighted by molar-refractivity contribution is 5.45. The van der Waals surface area contributed by atoms with Crippen LogP contribution in [0.2, 0.25) is 0 Å². The van der Waals surface area contributed by atoms with Crippen molar-refractivity contribution in [3.05, 3.63) is 24.0 Å². The summed E-state index contributed by atoms with van der Waals surface area (Å²) in [5.41, 5.74) is 0.854. The van der Waals surface area contributed by atoms with Gasteiger partial charge in [0.2, 0.25) is 0 Å². The summed E-state index contributed by atoms with van der Waals surface area (Å²) >= 11 is 0. The summed E-state index contributed by atoms with van der Waals surface area (Å²) in [5.74, 6) is 1.31. The van der Waals surface area contributed by atoms with Crippen molar-refractivity contribution in [3.63, 3.8) is 0 Å². The van der Waals surface area contributed by atoms with Crippen LogP contribution in [0.3, 0.4) is 0 Å². The van der Waals surface area contributed by atoms with E-state index in [1.54, 1.807) is 6.20 Å². The Morgan fingerprint density at radius 1 is 1.67 bits per heavy atom. The summed E-state index contributed by atoms with van der Waals surface area (Å²) in [5, 5.41) is 9.45. The van der Waals surface area contributed by atoms with Crippen molar-refractivity contribution in [3.8, 4) is 0 Å². The second kappa shape index (κ2) is 3.43. The zero-order chi connectivity index (χ0) is 9.14. The predicted octanol–water partition coefficient (Wildman–Crippen LogP) is 2.35. The van der Waals surface area contributed by atoms with E-state index in [9.17, 15) is 5.11 Å². The summed E-state index contributed by atoms with van der Waals surface area (Å²) in [6.07, 6.45) is 4.22. The van der Waals surface area contributed by atoms with Gasteiger partial charge in [-0.1, -0.05) is 6.92 Å². The molecule has 1 N–H and O–H groups in total. The van der Waals surface area contributed by atoms with Gasteiger partial charge >= 0.3 is 0 Å². The molecule has 0 aromatic carbocycles. The fourth-order valence-corrected chi connectivity index (χ4v) is 1.13. The molecule has 0 aliphatic carbocycles. The van der Waals surface area contributed by atoms with Gasteiger partial charge in [0.1, 0.15) is 11.6 Å². The van der Waals surface area contributed by atoms with Gasteiger partial charge < -0.3 is 9.67 Å². The third-order valence-corrected chi connectivity index (χ3v) is 1.94. The number of aryl methyl sites for hydroxylation is 1. The van der Waals surface area contributed by atoms with Crippen LogP contribution in [-0.4, -0.2) is 14.7 Å². The van der Waals surface area contributed by atoms with Gasteiger partial charge in [0.05, 0.1) is 5.70 Å². The van der Waals surface area contributed by atoms with Crippen LogP contribution >= 0.6 is 0 Å². The summed E-state index contributed by atoms with van der Waals surface area (Å²) < 4.78 is 1.87. The first-order valence-electron chi connectivity index (χ1n) is 4.05. The first-order valence-corrected chi connectivity index (χ1v) is 4.05. The fourth-order valence-electron chi connectivity index (χ4n) is 1.13. The Kier molecular flexibility index (Phi) is 2.53. The Labute approximate surface area is 72.4 Å². The molecule has 1 aromatic rings. The van der Waals surface area contributed by atoms with Crippen molar-refractivity contribution >= 4 is 5.70 Å². The molecule has 0 radical (unpaired) electrons. The normalized spacial score (nSPS) is 12.9. The van der Waals surface area contributed by atoms with Gasteiger partial charge in [-0.25, -0.2) is 4.98 Å². The van der Waals surface area contributed by atoms with E-state index in [1.165, 1.54) is 0 Å². The van der Waals surface area contributed by atoms with Crippen LogP contribution in [0, 0.1) is 6.92 Å². The average molecular weight is 166 g/mol. The Balaban J connectivity index is 3.07. The molecule has 0 amide bonds. The van der Waals surface area contributed by atoms with Crippen molar-refractivity contribution in [2.75, 3.05) is 0 Å². The second-order valence-electron chi connectivity index (χ2n) is 2.73. The molecule has 1 heterocycles. The van der Waals surface area contributed by atoms with Crippen LogP contribution in [0.1, 0.15) is 26.1 Å². The summed E-state index contributed by atoms with van der Waals surface area (Å²) in [6.45, 7) is 5.71. The SMILES string of the molecule is CC/C(O)=C(/C)n1ccnc1C. The van der Waals surface area contributed by atoms with E-state index >= 15 is 0 Å². The number of hydrogen-bond donors (Lipinski definition) is 1. The Hall–Kier alpha value is -1.25. The van der Waals surface area contributed by atoms with Gasteiger partial charge in [-0.3, -0.25) is 0 Å². The first-order chi connectivity index (χ1) is 5.66. The standard InChI is InChI=1S/C9H14N2O/c1-4-9(12)7(2)11-6-5-10-8(11)3/h5-6,12H,4H2,1-3H3/b9-7+. The monoisotopic (exact) mass is 166 g/mol. The lowest BCUT2D eigenvalue weighted by molar-refractivity contribution is 0.393. The molecule has 0 unspecified atom stereocenters. The van der Waals surface area contributed by atoms with Crippen LogP contribution in [0.5, 0.6) is 0 Å². The number of hydrogen-bond acceptors (Lipinski definition) is 2. The van der Waals surface area contributed by atoms with Crippen LogP contribution in [0.15, 0.2) is 18.2 Å². The number of aromatic nitrogens is 2. The zero-order valence-corrected chi connectivity index (χ0v) is 7.70. The minimum absolute atomic E-state index is 0.413. The maximum Gasteiger partial charge on any atom is 0.111 e. The maximum absolute atomic E-state index is 9.45. The molecule has 0 aliphatic heterocycles. The van der Waals surface area contributed by atoms with E-state index in [4.69, 9.17) is 0 Å². The van der Waals surface area contributed by atoms with Crippen LogP contribution < -0.4 is 0 Å². The lowest BCUT2D eigenvalue weighted by Gasteiger charge is -2.06. The summed E-state index contributed by atoms with van der Waals surface area (Å²) in [6, 6.07) is 0. The number of aliphatic hydroxyl groups is 1. The smallest absolute Gasteiger partial charge is 0.111 e. The molecular weight excluding hydrogens is 152 g/mol. The molecule has 0 atom stereocenters. The molecule has 0 aliphatic rings. The van der Waals surface area contributed by atoms with Crippen molar-refractivity contribution in [1.29, 1.82) is 0 Å². The first kappa shape index (κ1) is 8.84.